The number of rotatable bonds is 6. The Bertz CT molecular complexity index is 413. The van der Waals surface area contributed by atoms with E-state index in [1.54, 1.807) is 0 Å². The van der Waals surface area contributed by atoms with E-state index in [9.17, 15) is 0 Å². The molecular weight excluding hydrogens is 270 g/mol. The molecule has 1 aromatic heterocycles. The lowest BCUT2D eigenvalue weighted by Gasteiger charge is -2.33. The van der Waals surface area contributed by atoms with Crippen LogP contribution in [-0.4, -0.2) is 15.4 Å². The van der Waals surface area contributed by atoms with Crippen molar-refractivity contribution in [1.82, 2.24) is 10.1 Å². The van der Waals surface area contributed by atoms with E-state index in [-0.39, 0.29) is 0 Å². The lowest BCUT2D eigenvalue weighted by atomic mass is 9.76. The van der Waals surface area contributed by atoms with Crippen LogP contribution in [0.3, 0.4) is 0 Å². The SMILES string of the molecule is CCC1CCC(N)(c2nc(CSC(C)CC)no2)CC1. The first-order valence-electron chi connectivity index (χ1n) is 7.81. The third-order valence-electron chi connectivity index (χ3n) is 4.54. The van der Waals surface area contributed by atoms with E-state index in [1.165, 1.54) is 19.3 Å². The minimum absolute atomic E-state index is 0.391. The molecule has 4 nitrogen and oxygen atoms in total. The highest BCUT2D eigenvalue weighted by Crippen LogP contribution is 2.38. The van der Waals surface area contributed by atoms with Gasteiger partial charge in [-0.1, -0.05) is 32.3 Å². The summed E-state index contributed by atoms with van der Waals surface area (Å²) in [6, 6.07) is 0. The van der Waals surface area contributed by atoms with Gasteiger partial charge in [0.25, 0.3) is 0 Å². The van der Waals surface area contributed by atoms with Crippen LogP contribution in [0.1, 0.15) is 71.0 Å². The smallest absolute Gasteiger partial charge is 0.246 e. The van der Waals surface area contributed by atoms with Gasteiger partial charge in [-0.2, -0.15) is 16.7 Å². The maximum absolute atomic E-state index is 6.49. The van der Waals surface area contributed by atoms with Crippen LogP contribution in [-0.2, 0) is 11.3 Å². The highest BCUT2D eigenvalue weighted by Gasteiger charge is 2.37. The zero-order valence-corrected chi connectivity index (χ0v) is 13.7. The van der Waals surface area contributed by atoms with Crippen molar-refractivity contribution in [3.63, 3.8) is 0 Å². The number of hydrogen-bond acceptors (Lipinski definition) is 5. The van der Waals surface area contributed by atoms with Crippen molar-refractivity contribution in [2.45, 2.75) is 75.8 Å². The van der Waals surface area contributed by atoms with Gasteiger partial charge >= 0.3 is 0 Å². The third-order valence-corrected chi connectivity index (χ3v) is 5.87. The second-order valence-electron chi connectivity index (χ2n) is 6.05. The zero-order chi connectivity index (χ0) is 14.6. The summed E-state index contributed by atoms with van der Waals surface area (Å²) in [6.45, 7) is 6.67. The summed E-state index contributed by atoms with van der Waals surface area (Å²) in [5, 5.41) is 4.72. The van der Waals surface area contributed by atoms with Crippen LogP contribution in [0.15, 0.2) is 4.52 Å². The molecule has 5 heteroatoms. The molecule has 20 heavy (non-hydrogen) atoms. The maximum atomic E-state index is 6.49. The van der Waals surface area contributed by atoms with Crippen molar-refractivity contribution < 1.29 is 4.52 Å². The number of nitrogens with zero attached hydrogens (tertiary/aromatic N) is 2. The molecule has 2 rings (SSSR count). The van der Waals surface area contributed by atoms with Crippen LogP contribution in [0.4, 0.5) is 0 Å². The van der Waals surface area contributed by atoms with Crippen LogP contribution in [0.25, 0.3) is 0 Å². The van der Waals surface area contributed by atoms with Crippen LogP contribution in [0.2, 0.25) is 0 Å². The van der Waals surface area contributed by atoms with Gasteiger partial charge < -0.3 is 10.3 Å². The lowest BCUT2D eigenvalue weighted by molar-refractivity contribution is 0.181. The van der Waals surface area contributed by atoms with Crippen molar-refractivity contribution in [2.75, 3.05) is 0 Å². The predicted molar refractivity (Wildman–Crippen MR) is 83.5 cm³/mol. The molecule has 1 unspecified atom stereocenters. The molecule has 0 saturated heterocycles. The highest BCUT2D eigenvalue weighted by atomic mass is 32.2. The summed E-state index contributed by atoms with van der Waals surface area (Å²) in [6.07, 6.45) is 6.68. The zero-order valence-electron chi connectivity index (χ0n) is 12.9. The fraction of sp³-hybridized carbons (Fsp3) is 0.867. The molecule has 0 aliphatic heterocycles. The number of hydrogen-bond donors (Lipinski definition) is 1. The molecule has 0 spiro atoms. The predicted octanol–water partition coefficient (Wildman–Crippen LogP) is 3.86. The van der Waals surface area contributed by atoms with Gasteiger partial charge in [0, 0.05) is 5.25 Å². The van der Waals surface area contributed by atoms with Gasteiger partial charge in [-0.05, 0) is 38.0 Å². The molecule has 0 amide bonds. The molecule has 114 valence electrons. The summed E-state index contributed by atoms with van der Waals surface area (Å²) in [4.78, 5) is 4.54. The second-order valence-corrected chi connectivity index (χ2v) is 7.48. The normalized spacial score (nSPS) is 28.5. The lowest BCUT2D eigenvalue weighted by Crippen LogP contribution is -2.40. The third kappa shape index (κ3) is 3.76. The molecule has 1 aliphatic rings. The largest absolute Gasteiger partial charge is 0.337 e. The molecule has 1 aromatic rings. The van der Waals surface area contributed by atoms with Crippen molar-refractivity contribution in [3.8, 4) is 0 Å². The van der Waals surface area contributed by atoms with E-state index in [0.717, 1.165) is 36.8 Å². The Balaban J connectivity index is 1.94. The first-order valence-corrected chi connectivity index (χ1v) is 8.85. The molecule has 2 N–H and O–H groups in total. The highest BCUT2D eigenvalue weighted by molar-refractivity contribution is 7.99. The molecule has 1 atom stereocenters. The Labute approximate surface area is 126 Å². The monoisotopic (exact) mass is 297 g/mol. The molecule has 1 saturated carbocycles. The van der Waals surface area contributed by atoms with E-state index >= 15 is 0 Å². The first-order chi connectivity index (χ1) is 9.57. The molecular formula is C15H27N3OS. The van der Waals surface area contributed by atoms with Gasteiger partial charge in [0.1, 0.15) is 0 Å². The van der Waals surface area contributed by atoms with Crippen molar-refractivity contribution in [3.05, 3.63) is 11.7 Å². The van der Waals surface area contributed by atoms with Gasteiger partial charge in [-0.25, -0.2) is 0 Å². The van der Waals surface area contributed by atoms with Gasteiger partial charge in [0.05, 0.1) is 11.3 Å². The van der Waals surface area contributed by atoms with Crippen molar-refractivity contribution in [2.24, 2.45) is 11.7 Å². The van der Waals surface area contributed by atoms with Gasteiger partial charge in [-0.15, -0.1) is 0 Å². The molecule has 0 radical (unpaired) electrons. The minimum Gasteiger partial charge on any atom is -0.337 e. The van der Waals surface area contributed by atoms with E-state index in [2.05, 4.69) is 30.9 Å². The van der Waals surface area contributed by atoms with E-state index in [4.69, 9.17) is 10.3 Å². The first kappa shape index (κ1) is 15.8. The fourth-order valence-electron chi connectivity index (χ4n) is 2.66. The van der Waals surface area contributed by atoms with Gasteiger partial charge in [0.2, 0.25) is 5.89 Å². The van der Waals surface area contributed by atoms with Gasteiger partial charge in [-0.3, -0.25) is 0 Å². The summed E-state index contributed by atoms with van der Waals surface area (Å²) < 4.78 is 5.44. The standard InChI is InChI=1S/C15H27N3OS/c1-4-11(3)20-10-13-17-14(19-18-13)15(16)8-6-12(5-2)7-9-15/h11-12H,4-10,16H2,1-3H3. The van der Waals surface area contributed by atoms with E-state index in [0.29, 0.717) is 11.1 Å². The Morgan fingerprint density at radius 2 is 2.10 bits per heavy atom. The number of nitrogens with two attached hydrogens (primary N) is 1. The van der Waals surface area contributed by atoms with E-state index in [1.807, 2.05) is 11.8 Å². The quantitative estimate of drug-likeness (QED) is 0.863. The second kappa shape index (κ2) is 6.94. The Morgan fingerprint density at radius 3 is 2.70 bits per heavy atom. The molecule has 1 aliphatic carbocycles. The number of aromatic nitrogens is 2. The maximum Gasteiger partial charge on any atom is 0.246 e. The summed E-state index contributed by atoms with van der Waals surface area (Å²) in [5.74, 6) is 3.06. The van der Waals surface area contributed by atoms with Crippen molar-refractivity contribution in [1.29, 1.82) is 0 Å². The van der Waals surface area contributed by atoms with E-state index < -0.39 is 5.54 Å². The topological polar surface area (TPSA) is 64.9 Å². The average Bonchev–Trinajstić information content (AvgIpc) is 2.95. The van der Waals surface area contributed by atoms with Crippen molar-refractivity contribution >= 4 is 11.8 Å². The Kier molecular flexibility index (Phi) is 5.49. The molecule has 1 heterocycles. The van der Waals surface area contributed by atoms with Crippen LogP contribution >= 0.6 is 11.8 Å². The Morgan fingerprint density at radius 1 is 1.40 bits per heavy atom. The molecule has 0 bridgehead atoms. The molecule has 0 aromatic carbocycles. The van der Waals surface area contributed by atoms with Crippen LogP contribution in [0, 0.1) is 5.92 Å². The summed E-state index contributed by atoms with van der Waals surface area (Å²) in [5.41, 5.74) is 6.10. The van der Waals surface area contributed by atoms with Gasteiger partial charge in [0.15, 0.2) is 5.82 Å². The average molecular weight is 297 g/mol. The number of thioether (sulfide) groups is 1. The van der Waals surface area contributed by atoms with Crippen LogP contribution < -0.4 is 5.73 Å². The molecule has 1 fully saturated rings. The summed E-state index contributed by atoms with van der Waals surface area (Å²) >= 11 is 1.87. The summed E-state index contributed by atoms with van der Waals surface area (Å²) in [7, 11) is 0. The van der Waals surface area contributed by atoms with Crippen LogP contribution in [0.5, 0.6) is 0 Å². The Hall–Kier alpha value is -0.550. The minimum atomic E-state index is -0.391. The fourth-order valence-corrected chi connectivity index (χ4v) is 3.45.